The standard InChI is InChI=1S/C31H38N4O3S/c1-18(2)28(35-14-23-8-6-7-9-26(23)31(35)38)16-34-15-24(36)13-27(34)30(37)33-20(4)25-11-10-22(12-19(25)3)29-21(5)32-17-39-29/h6-12,17-18,20,24,27-28,36H,13-16H2,1-5H3,(H,33,37)/t20-,24+,27-,28+/m0/s1. The Morgan fingerprint density at radius 3 is 2.62 bits per heavy atom. The van der Waals surface area contributed by atoms with E-state index in [1.165, 1.54) is 0 Å². The molecule has 7 nitrogen and oxygen atoms in total. The van der Waals surface area contributed by atoms with E-state index < -0.39 is 12.1 Å². The van der Waals surface area contributed by atoms with Crippen molar-refractivity contribution < 1.29 is 14.7 Å². The first-order chi connectivity index (χ1) is 18.6. The molecule has 1 fully saturated rings. The van der Waals surface area contributed by atoms with E-state index in [0.717, 1.165) is 38.4 Å². The van der Waals surface area contributed by atoms with Crippen molar-refractivity contribution in [2.24, 2.45) is 5.92 Å². The van der Waals surface area contributed by atoms with E-state index in [2.05, 4.69) is 54.2 Å². The summed E-state index contributed by atoms with van der Waals surface area (Å²) in [6.45, 7) is 11.9. The largest absolute Gasteiger partial charge is 0.392 e. The first-order valence-electron chi connectivity index (χ1n) is 13.8. The number of rotatable bonds is 8. The molecular formula is C31H38N4O3S. The van der Waals surface area contributed by atoms with Crippen molar-refractivity contribution in [3.8, 4) is 10.4 Å². The molecule has 0 aliphatic carbocycles. The van der Waals surface area contributed by atoms with Crippen LogP contribution in [0.3, 0.4) is 0 Å². The SMILES string of the molecule is Cc1cc(-c2scnc2C)ccc1[C@H](C)NC(=O)[C@@H]1C[C@@H](O)CN1C[C@H](C(C)C)N1Cc2ccccc2C1=O. The molecule has 4 atom stereocenters. The van der Waals surface area contributed by atoms with Crippen molar-refractivity contribution >= 4 is 23.2 Å². The van der Waals surface area contributed by atoms with Gasteiger partial charge in [-0.25, -0.2) is 4.98 Å². The minimum Gasteiger partial charge on any atom is -0.392 e. The number of hydrogen-bond acceptors (Lipinski definition) is 6. The number of nitrogens with one attached hydrogen (secondary N) is 1. The third-order valence-electron chi connectivity index (χ3n) is 8.23. The Kier molecular flexibility index (Phi) is 7.89. The number of nitrogens with zero attached hydrogens (tertiary/aromatic N) is 3. The topological polar surface area (TPSA) is 85.8 Å². The molecule has 2 aromatic carbocycles. The number of carbonyl (C=O) groups excluding carboxylic acids is 2. The van der Waals surface area contributed by atoms with E-state index in [4.69, 9.17) is 0 Å². The number of thiazole rings is 1. The molecule has 2 aliphatic heterocycles. The molecular weight excluding hydrogens is 508 g/mol. The second-order valence-electron chi connectivity index (χ2n) is 11.3. The predicted molar refractivity (Wildman–Crippen MR) is 155 cm³/mol. The highest BCUT2D eigenvalue weighted by atomic mass is 32.1. The van der Waals surface area contributed by atoms with Gasteiger partial charge in [0.2, 0.25) is 5.91 Å². The van der Waals surface area contributed by atoms with Crippen LogP contribution in [0.2, 0.25) is 0 Å². The van der Waals surface area contributed by atoms with Crippen molar-refractivity contribution in [2.75, 3.05) is 13.1 Å². The Morgan fingerprint density at radius 1 is 1.18 bits per heavy atom. The Hall–Kier alpha value is -3.07. The van der Waals surface area contributed by atoms with Gasteiger partial charge in [-0.3, -0.25) is 14.5 Å². The number of aromatic nitrogens is 1. The van der Waals surface area contributed by atoms with Gasteiger partial charge in [0.1, 0.15) is 0 Å². The molecule has 0 radical (unpaired) electrons. The average molecular weight is 547 g/mol. The summed E-state index contributed by atoms with van der Waals surface area (Å²) in [6, 6.07) is 13.4. The van der Waals surface area contributed by atoms with Gasteiger partial charge in [-0.05, 0) is 61.4 Å². The summed E-state index contributed by atoms with van der Waals surface area (Å²) < 4.78 is 0. The highest BCUT2D eigenvalue weighted by molar-refractivity contribution is 7.13. The van der Waals surface area contributed by atoms with Crippen molar-refractivity contribution in [1.82, 2.24) is 20.1 Å². The molecule has 8 heteroatoms. The lowest BCUT2D eigenvalue weighted by atomic mass is 9.98. The second kappa shape index (κ2) is 11.2. The summed E-state index contributed by atoms with van der Waals surface area (Å²) in [5, 5.41) is 13.8. The highest BCUT2D eigenvalue weighted by Gasteiger charge is 2.41. The molecule has 2 N–H and O–H groups in total. The Morgan fingerprint density at radius 2 is 1.95 bits per heavy atom. The van der Waals surface area contributed by atoms with Crippen LogP contribution in [-0.4, -0.2) is 63.0 Å². The summed E-state index contributed by atoms with van der Waals surface area (Å²) in [5.74, 6) is 0.164. The third kappa shape index (κ3) is 5.51. The molecule has 2 aliphatic rings. The molecule has 0 unspecified atom stereocenters. The van der Waals surface area contributed by atoms with Crippen molar-refractivity contribution in [3.63, 3.8) is 0 Å². The molecule has 39 heavy (non-hydrogen) atoms. The molecule has 1 aromatic heterocycles. The third-order valence-corrected chi connectivity index (χ3v) is 9.21. The van der Waals surface area contributed by atoms with Crippen LogP contribution in [0, 0.1) is 19.8 Å². The number of β-amino-alcohol motifs (C(OH)–C–C–N with tert-alkyl or cyclic N) is 1. The number of carbonyl (C=O) groups is 2. The lowest BCUT2D eigenvalue weighted by molar-refractivity contribution is -0.126. The first-order valence-corrected chi connectivity index (χ1v) is 14.6. The smallest absolute Gasteiger partial charge is 0.254 e. The van der Waals surface area contributed by atoms with Gasteiger partial charge in [-0.1, -0.05) is 50.2 Å². The van der Waals surface area contributed by atoms with Gasteiger partial charge in [-0.15, -0.1) is 11.3 Å². The van der Waals surface area contributed by atoms with Crippen LogP contribution in [-0.2, 0) is 11.3 Å². The maximum atomic E-state index is 13.6. The van der Waals surface area contributed by atoms with Crippen LogP contribution >= 0.6 is 11.3 Å². The van der Waals surface area contributed by atoms with E-state index in [1.807, 2.05) is 48.5 Å². The molecule has 0 saturated carbocycles. The quantitative estimate of drug-likeness (QED) is 0.427. The second-order valence-corrected chi connectivity index (χ2v) is 12.2. The summed E-state index contributed by atoms with van der Waals surface area (Å²) in [6.07, 6.45) is -0.181. The molecule has 0 bridgehead atoms. The Bertz CT molecular complexity index is 1370. The number of benzene rings is 2. The van der Waals surface area contributed by atoms with Crippen LogP contribution in [0.1, 0.15) is 66.0 Å². The lowest BCUT2D eigenvalue weighted by Crippen LogP contribution is -2.51. The van der Waals surface area contributed by atoms with E-state index >= 15 is 0 Å². The number of likely N-dealkylation sites (tertiary alicyclic amines) is 1. The van der Waals surface area contributed by atoms with Gasteiger partial charge in [0.25, 0.3) is 5.91 Å². The average Bonchev–Trinajstić information content (AvgIpc) is 3.59. The van der Waals surface area contributed by atoms with Gasteiger partial charge in [0.15, 0.2) is 0 Å². The van der Waals surface area contributed by atoms with Crippen molar-refractivity contribution in [1.29, 1.82) is 0 Å². The van der Waals surface area contributed by atoms with Gasteiger partial charge in [0.05, 0.1) is 34.3 Å². The Labute approximate surface area is 234 Å². The molecule has 3 heterocycles. The number of hydrogen-bond donors (Lipinski definition) is 2. The van der Waals surface area contributed by atoms with E-state index in [1.54, 1.807) is 11.3 Å². The van der Waals surface area contributed by atoms with Crippen LogP contribution in [0.25, 0.3) is 10.4 Å². The zero-order valence-electron chi connectivity index (χ0n) is 23.3. The normalized spacial score (nSPS) is 20.9. The van der Waals surface area contributed by atoms with Crippen LogP contribution in [0.5, 0.6) is 0 Å². The maximum absolute atomic E-state index is 13.6. The minimum absolute atomic E-state index is 0.0473. The molecule has 2 amide bonds. The number of aryl methyl sites for hydroxylation is 2. The first kappa shape index (κ1) is 27.5. The zero-order chi connectivity index (χ0) is 27.8. The lowest BCUT2D eigenvalue weighted by Gasteiger charge is -2.36. The molecule has 3 aromatic rings. The molecule has 5 rings (SSSR count). The fourth-order valence-electron chi connectivity index (χ4n) is 6.08. The monoisotopic (exact) mass is 546 g/mol. The summed E-state index contributed by atoms with van der Waals surface area (Å²) in [7, 11) is 0. The van der Waals surface area contributed by atoms with E-state index in [-0.39, 0.29) is 29.8 Å². The van der Waals surface area contributed by atoms with Crippen molar-refractivity contribution in [3.05, 3.63) is 75.9 Å². The number of aliphatic hydroxyl groups excluding tert-OH is 1. The summed E-state index contributed by atoms with van der Waals surface area (Å²) in [4.78, 5) is 36.3. The highest BCUT2D eigenvalue weighted by Crippen LogP contribution is 2.32. The van der Waals surface area contributed by atoms with Gasteiger partial charge in [-0.2, -0.15) is 0 Å². The maximum Gasteiger partial charge on any atom is 0.254 e. The zero-order valence-corrected chi connectivity index (χ0v) is 24.2. The van der Waals surface area contributed by atoms with Crippen LogP contribution in [0.4, 0.5) is 0 Å². The predicted octanol–water partition coefficient (Wildman–Crippen LogP) is 4.72. The number of fused-ring (bicyclic) bond motifs is 1. The van der Waals surface area contributed by atoms with Crippen LogP contribution in [0.15, 0.2) is 48.0 Å². The fourth-order valence-corrected chi connectivity index (χ4v) is 6.88. The van der Waals surface area contributed by atoms with Crippen molar-refractivity contribution in [2.45, 2.75) is 71.8 Å². The number of aliphatic hydroxyl groups is 1. The fraction of sp³-hybridized carbons (Fsp3) is 0.452. The van der Waals surface area contributed by atoms with Gasteiger partial charge < -0.3 is 15.3 Å². The van der Waals surface area contributed by atoms with Crippen LogP contribution < -0.4 is 5.32 Å². The van der Waals surface area contributed by atoms with E-state index in [9.17, 15) is 14.7 Å². The van der Waals surface area contributed by atoms with E-state index in [0.29, 0.717) is 26.1 Å². The molecule has 0 spiro atoms. The summed E-state index contributed by atoms with van der Waals surface area (Å²) >= 11 is 1.63. The summed E-state index contributed by atoms with van der Waals surface area (Å²) in [5.41, 5.74) is 8.01. The Balaban J connectivity index is 1.28. The van der Waals surface area contributed by atoms with Gasteiger partial charge in [0, 0.05) is 31.2 Å². The minimum atomic E-state index is -0.570. The van der Waals surface area contributed by atoms with Gasteiger partial charge >= 0.3 is 0 Å². The molecule has 206 valence electrons. The molecule has 1 saturated heterocycles. The number of amides is 2.